The maximum atomic E-state index is 12.1. The van der Waals surface area contributed by atoms with Gasteiger partial charge < -0.3 is 4.74 Å². The Labute approximate surface area is 149 Å². The third-order valence-electron chi connectivity index (χ3n) is 4.54. The van der Waals surface area contributed by atoms with Crippen molar-refractivity contribution in [3.8, 4) is 5.75 Å². The molecule has 0 atom stereocenters. The van der Waals surface area contributed by atoms with Gasteiger partial charge in [-0.25, -0.2) is 0 Å². The minimum atomic E-state index is -0.0837. The number of carbonyl (C=O) groups is 1. The van der Waals surface area contributed by atoms with Crippen molar-refractivity contribution in [2.24, 2.45) is 0 Å². The molecule has 3 aromatic rings. The molecule has 0 bridgehead atoms. The van der Waals surface area contributed by atoms with Crippen LogP contribution in [0.25, 0.3) is 0 Å². The quantitative estimate of drug-likeness (QED) is 0.575. The molecule has 3 aromatic carbocycles. The molecule has 126 valence electrons. The molecule has 0 radical (unpaired) electrons. The summed E-state index contributed by atoms with van der Waals surface area (Å²) in [6.07, 6.45) is 0. The molecule has 0 spiro atoms. The molecule has 2 nitrogen and oxygen atoms in total. The lowest BCUT2D eigenvalue weighted by Crippen LogP contribution is -2.18. The van der Waals surface area contributed by atoms with Crippen LogP contribution in [0.3, 0.4) is 0 Å². The molecule has 2 heteroatoms. The number of benzene rings is 3. The lowest BCUT2D eigenvalue weighted by atomic mass is 9.78. The first-order valence-corrected chi connectivity index (χ1v) is 8.44. The molecule has 0 aromatic heterocycles. The highest BCUT2D eigenvalue weighted by atomic mass is 16.5. The fourth-order valence-corrected chi connectivity index (χ4v) is 2.85. The van der Waals surface area contributed by atoms with E-state index in [2.05, 4.69) is 50.2 Å². The summed E-state index contributed by atoms with van der Waals surface area (Å²) in [4.78, 5) is 12.1. The summed E-state index contributed by atoms with van der Waals surface area (Å²) in [5.41, 5.74) is 3.06. The number of hydrogen-bond acceptors (Lipinski definition) is 2. The van der Waals surface area contributed by atoms with E-state index in [-0.39, 0.29) is 17.8 Å². The highest BCUT2D eigenvalue weighted by Crippen LogP contribution is 2.32. The molecule has 0 unspecified atom stereocenters. The lowest BCUT2D eigenvalue weighted by molar-refractivity contribution is 0.0921. The molecule has 0 amide bonds. The van der Waals surface area contributed by atoms with Crippen LogP contribution in [0.15, 0.2) is 84.9 Å². The average Bonchev–Trinajstić information content (AvgIpc) is 2.68. The normalized spacial score (nSPS) is 11.1. The molecule has 0 aliphatic carbocycles. The highest BCUT2D eigenvalue weighted by molar-refractivity contribution is 5.97. The van der Waals surface area contributed by atoms with Gasteiger partial charge in [-0.15, -0.1) is 0 Å². The van der Waals surface area contributed by atoms with Gasteiger partial charge in [-0.3, -0.25) is 4.79 Å². The summed E-state index contributed by atoms with van der Waals surface area (Å²) >= 11 is 0. The zero-order valence-corrected chi connectivity index (χ0v) is 14.6. The van der Waals surface area contributed by atoms with Crippen LogP contribution in [0.4, 0.5) is 0 Å². The predicted molar refractivity (Wildman–Crippen MR) is 101 cm³/mol. The lowest BCUT2D eigenvalue weighted by Gasteiger charge is -2.26. The fourth-order valence-electron chi connectivity index (χ4n) is 2.85. The number of carbonyl (C=O) groups excluding carboxylic acids is 1. The Balaban J connectivity index is 1.67. The zero-order valence-electron chi connectivity index (χ0n) is 14.6. The van der Waals surface area contributed by atoms with Crippen molar-refractivity contribution in [3.05, 3.63) is 102 Å². The molecule has 0 saturated heterocycles. The van der Waals surface area contributed by atoms with E-state index in [9.17, 15) is 4.79 Å². The summed E-state index contributed by atoms with van der Waals surface area (Å²) in [5.74, 6) is 0.686. The van der Waals surface area contributed by atoms with Gasteiger partial charge in [0.25, 0.3) is 0 Å². The van der Waals surface area contributed by atoms with Crippen LogP contribution in [0.2, 0.25) is 0 Å². The van der Waals surface area contributed by atoms with E-state index >= 15 is 0 Å². The van der Waals surface area contributed by atoms with E-state index in [4.69, 9.17) is 4.74 Å². The number of ether oxygens (including phenoxy) is 1. The Kier molecular flexibility index (Phi) is 4.99. The van der Waals surface area contributed by atoms with Crippen LogP contribution in [0, 0.1) is 0 Å². The van der Waals surface area contributed by atoms with Crippen molar-refractivity contribution >= 4 is 5.78 Å². The standard InChI is InChI=1S/C23H22O2/c1-23(2,19-11-7-4-8-12-19)20-13-15-21(16-14-20)25-17-22(24)18-9-5-3-6-10-18/h3-16H,17H2,1-2H3. The third kappa shape index (κ3) is 3.97. The van der Waals surface area contributed by atoms with E-state index in [1.807, 2.05) is 36.4 Å². The molecular weight excluding hydrogens is 308 g/mol. The van der Waals surface area contributed by atoms with Gasteiger partial charge in [0, 0.05) is 11.0 Å². The largest absolute Gasteiger partial charge is 0.485 e. The van der Waals surface area contributed by atoms with Crippen molar-refractivity contribution in [2.75, 3.05) is 6.61 Å². The van der Waals surface area contributed by atoms with E-state index in [1.165, 1.54) is 11.1 Å². The van der Waals surface area contributed by atoms with Gasteiger partial charge in [-0.2, -0.15) is 0 Å². The Hall–Kier alpha value is -2.87. The highest BCUT2D eigenvalue weighted by Gasteiger charge is 2.22. The maximum absolute atomic E-state index is 12.1. The van der Waals surface area contributed by atoms with Crippen molar-refractivity contribution < 1.29 is 9.53 Å². The van der Waals surface area contributed by atoms with Gasteiger partial charge in [0.1, 0.15) is 5.75 Å². The van der Waals surface area contributed by atoms with Crippen molar-refractivity contribution in [1.29, 1.82) is 0 Å². The summed E-state index contributed by atoms with van der Waals surface area (Å²) in [7, 11) is 0. The van der Waals surface area contributed by atoms with Crippen LogP contribution < -0.4 is 4.74 Å². The number of hydrogen-bond donors (Lipinski definition) is 0. The second-order valence-electron chi connectivity index (χ2n) is 6.59. The fraction of sp³-hybridized carbons (Fsp3) is 0.174. The van der Waals surface area contributed by atoms with E-state index in [1.54, 1.807) is 12.1 Å². The van der Waals surface area contributed by atoms with Crippen molar-refractivity contribution in [3.63, 3.8) is 0 Å². The minimum Gasteiger partial charge on any atom is -0.485 e. The van der Waals surface area contributed by atoms with Gasteiger partial charge in [0.05, 0.1) is 0 Å². The van der Waals surface area contributed by atoms with E-state index < -0.39 is 0 Å². The first kappa shape index (κ1) is 17.0. The second kappa shape index (κ2) is 7.35. The summed E-state index contributed by atoms with van der Waals surface area (Å²) in [5, 5.41) is 0. The van der Waals surface area contributed by atoms with Crippen LogP contribution in [-0.2, 0) is 5.41 Å². The van der Waals surface area contributed by atoms with Gasteiger partial charge >= 0.3 is 0 Å². The van der Waals surface area contributed by atoms with Crippen LogP contribution in [-0.4, -0.2) is 12.4 Å². The molecule has 0 heterocycles. The molecule has 0 aliphatic rings. The van der Waals surface area contributed by atoms with Crippen LogP contribution in [0.5, 0.6) is 5.75 Å². The SMILES string of the molecule is CC(C)(c1ccccc1)c1ccc(OCC(=O)c2ccccc2)cc1. The Morgan fingerprint density at radius 2 is 1.28 bits per heavy atom. The molecule has 0 saturated carbocycles. The Morgan fingerprint density at radius 3 is 1.88 bits per heavy atom. The van der Waals surface area contributed by atoms with Gasteiger partial charge in [-0.1, -0.05) is 86.6 Å². The number of ketones is 1. The number of rotatable bonds is 6. The smallest absolute Gasteiger partial charge is 0.200 e. The van der Waals surface area contributed by atoms with Crippen LogP contribution in [0.1, 0.15) is 35.3 Å². The topological polar surface area (TPSA) is 26.3 Å². The monoisotopic (exact) mass is 330 g/mol. The van der Waals surface area contributed by atoms with Gasteiger partial charge in [0.2, 0.25) is 0 Å². The molecule has 3 rings (SSSR count). The summed E-state index contributed by atoms with van der Waals surface area (Å²) in [6.45, 7) is 4.46. The Morgan fingerprint density at radius 1 is 0.760 bits per heavy atom. The van der Waals surface area contributed by atoms with Crippen molar-refractivity contribution in [2.45, 2.75) is 19.3 Å². The molecule has 0 N–H and O–H groups in total. The van der Waals surface area contributed by atoms with Gasteiger partial charge in [0.15, 0.2) is 12.4 Å². The minimum absolute atomic E-state index is 0.0192. The first-order chi connectivity index (χ1) is 12.1. The number of Topliss-reactive ketones (excluding diaryl/α,β-unsaturated/α-hetero) is 1. The van der Waals surface area contributed by atoms with Gasteiger partial charge in [-0.05, 0) is 23.3 Å². The van der Waals surface area contributed by atoms with Crippen LogP contribution >= 0.6 is 0 Å². The molecular formula is C23H22O2. The third-order valence-corrected chi connectivity index (χ3v) is 4.54. The van der Waals surface area contributed by atoms with E-state index in [0.29, 0.717) is 11.3 Å². The maximum Gasteiger partial charge on any atom is 0.200 e. The first-order valence-electron chi connectivity index (χ1n) is 8.44. The summed E-state index contributed by atoms with van der Waals surface area (Å²) in [6, 6.07) is 27.6. The zero-order chi connectivity index (χ0) is 17.7. The second-order valence-corrected chi connectivity index (χ2v) is 6.59. The molecule has 25 heavy (non-hydrogen) atoms. The summed E-state index contributed by atoms with van der Waals surface area (Å²) < 4.78 is 5.65. The van der Waals surface area contributed by atoms with Crippen molar-refractivity contribution in [1.82, 2.24) is 0 Å². The molecule has 0 aliphatic heterocycles. The Bertz CT molecular complexity index is 819. The predicted octanol–water partition coefficient (Wildman–Crippen LogP) is 5.27. The average molecular weight is 330 g/mol. The van der Waals surface area contributed by atoms with E-state index in [0.717, 1.165) is 0 Å². The molecule has 0 fully saturated rings.